The summed E-state index contributed by atoms with van der Waals surface area (Å²) in [5.41, 5.74) is 2.03. The number of fused-ring (bicyclic) bond motifs is 1. The highest BCUT2D eigenvalue weighted by atomic mass is 35.5. The molecule has 2 aromatic rings. The van der Waals surface area contributed by atoms with Crippen molar-refractivity contribution in [3.8, 4) is 11.5 Å². The second-order valence-electron chi connectivity index (χ2n) is 6.67. The van der Waals surface area contributed by atoms with Gasteiger partial charge in [-0.3, -0.25) is 4.79 Å². The Morgan fingerprint density at radius 1 is 1.28 bits per heavy atom. The highest BCUT2D eigenvalue weighted by Crippen LogP contribution is 2.41. The lowest BCUT2D eigenvalue weighted by atomic mass is 10.0. The highest BCUT2D eigenvalue weighted by Gasteiger charge is 2.32. The van der Waals surface area contributed by atoms with Gasteiger partial charge in [-0.25, -0.2) is 0 Å². The van der Waals surface area contributed by atoms with Crippen LogP contribution in [0.15, 0.2) is 30.3 Å². The number of para-hydroxylation sites is 1. The first-order valence-electron chi connectivity index (χ1n) is 7.95. The lowest BCUT2D eigenvalue weighted by Crippen LogP contribution is -2.25. The van der Waals surface area contributed by atoms with Crippen LogP contribution in [-0.4, -0.2) is 18.1 Å². The first-order valence-corrected chi connectivity index (χ1v) is 8.70. The van der Waals surface area contributed by atoms with Crippen LogP contribution >= 0.6 is 23.2 Å². The summed E-state index contributed by atoms with van der Waals surface area (Å²) in [6.45, 7) is 5.72. The zero-order chi connectivity index (χ0) is 18.2. The number of halogens is 2. The predicted octanol–water partition coefficient (Wildman–Crippen LogP) is 5.03. The van der Waals surface area contributed by atoms with Gasteiger partial charge in [0.25, 0.3) is 5.91 Å². The molecule has 0 bridgehead atoms. The van der Waals surface area contributed by atoms with Gasteiger partial charge < -0.3 is 14.8 Å². The van der Waals surface area contributed by atoms with Gasteiger partial charge in [0, 0.05) is 12.0 Å². The smallest absolute Gasteiger partial charge is 0.262 e. The van der Waals surface area contributed by atoms with Crippen molar-refractivity contribution in [2.45, 2.75) is 32.8 Å². The molecule has 25 heavy (non-hydrogen) atoms. The van der Waals surface area contributed by atoms with Crippen LogP contribution in [0.3, 0.4) is 0 Å². The second kappa shape index (κ2) is 6.77. The first-order chi connectivity index (χ1) is 11.8. The van der Waals surface area contributed by atoms with Crippen LogP contribution in [0.1, 0.15) is 25.0 Å². The number of hydrogen-bond donors (Lipinski definition) is 1. The third kappa shape index (κ3) is 3.86. The van der Waals surface area contributed by atoms with Crippen molar-refractivity contribution in [3.05, 3.63) is 51.5 Å². The van der Waals surface area contributed by atoms with Gasteiger partial charge in [-0.1, -0.05) is 41.4 Å². The quantitative estimate of drug-likeness (QED) is 0.809. The lowest BCUT2D eigenvalue weighted by molar-refractivity contribution is -0.118. The second-order valence-corrected chi connectivity index (χ2v) is 7.46. The number of benzene rings is 2. The Kier molecular flexibility index (Phi) is 4.85. The van der Waals surface area contributed by atoms with Gasteiger partial charge in [0.2, 0.25) is 0 Å². The Morgan fingerprint density at radius 3 is 2.80 bits per heavy atom. The molecule has 0 radical (unpaired) electrons. The highest BCUT2D eigenvalue weighted by molar-refractivity contribution is 6.40. The van der Waals surface area contributed by atoms with Gasteiger partial charge in [0.15, 0.2) is 18.1 Å². The molecule has 0 spiro atoms. The molecule has 0 atom stereocenters. The fourth-order valence-corrected chi connectivity index (χ4v) is 3.26. The van der Waals surface area contributed by atoms with Crippen molar-refractivity contribution in [2.24, 2.45) is 0 Å². The Bertz CT molecular complexity index is 834. The molecule has 2 aromatic carbocycles. The summed E-state index contributed by atoms with van der Waals surface area (Å²) in [7, 11) is 0. The number of nitrogens with one attached hydrogen (secondary N) is 1. The summed E-state index contributed by atoms with van der Waals surface area (Å²) < 4.78 is 11.6. The van der Waals surface area contributed by atoms with Crippen molar-refractivity contribution in [2.75, 3.05) is 11.9 Å². The molecule has 1 aliphatic heterocycles. The molecule has 0 fully saturated rings. The molecular weight excluding hydrogens is 361 g/mol. The summed E-state index contributed by atoms with van der Waals surface area (Å²) in [5.74, 6) is 0.913. The summed E-state index contributed by atoms with van der Waals surface area (Å²) in [5, 5.41) is 3.51. The molecule has 0 saturated carbocycles. The molecule has 0 aromatic heterocycles. The molecule has 1 aliphatic rings. The van der Waals surface area contributed by atoms with E-state index in [1.165, 1.54) is 0 Å². The maximum atomic E-state index is 12.2. The standard InChI is InChI=1S/C19H19Cl2NO3/c1-11-7-8-13(20)17(16(11)21)22-15(23)10-24-14-6-4-5-12-9-19(2,3)25-18(12)14/h4-8H,9-10H2,1-3H3,(H,22,23). The number of carbonyl (C=O) groups is 1. The Balaban J connectivity index is 1.69. The van der Waals surface area contributed by atoms with Gasteiger partial charge in [0.05, 0.1) is 15.7 Å². The van der Waals surface area contributed by atoms with Crippen LogP contribution in [-0.2, 0) is 11.2 Å². The van der Waals surface area contributed by atoms with E-state index in [-0.39, 0.29) is 18.1 Å². The maximum absolute atomic E-state index is 12.2. The fourth-order valence-electron chi connectivity index (χ4n) is 2.79. The molecule has 4 nitrogen and oxygen atoms in total. The minimum Gasteiger partial charge on any atom is -0.483 e. The van der Waals surface area contributed by atoms with Crippen LogP contribution in [0.2, 0.25) is 10.0 Å². The first kappa shape index (κ1) is 17.9. The summed E-state index contributed by atoms with van der Waals surface area (Å²) >= 11 is 12.3. The van der Waals surface area contributed by atoms with E-state index in [2.05, 4.69) is 5.32 Å². The fraction of sp³-hybridized carbons (Fsp3) is 0.316. The number of hydrogen-bond acceptors (Lipinski definition) is 3. The minimum absolute atomic E-state index is 0.166. The zero-order valence-corrected chi connectivity index (χ0v) is 15.8. The van der Waals surface area contributed by atoms with E-state index in [9.17, 15) is 4.79 Å². The molecule has 3 rings (SSSR count). The van der Waals surface area contributed by atoms with E-state index in [0.717, 1.165) is 17.5 Å². The number of amides is 1. The number of aryl methyl sites for hydroxylation is 1. The molecule has 1 amide bonds. The molecule has 0 unspecified atom stereocenters. The summed E-state index contributed by atoms with van der Waals surface area (Å²) in [6.07, 6.45) is 0.806. The van der Waals surface area contributed by atoms with Crippen molar-refractivity contribution in [1.29, 1.82) is 0 Å². The SMILES string of the molecule is Cc1ccc(Cl)c(NC(=O)COc2cccc3c2OC(C)(C)C3)c1Cl. The Morgan fingerprint density at radius 2 is 2.04 bits per heavy atom. The van der Waals surface area contributed by atoms with Crippen LogP contribution in [0.25, 0.3) is 0 Å². The van der Waals surface area contributed by atoms with Crippen molar-refractivity contribution in [1.82, 2.24) is 0 Å². The lowest BCUT2D eigenvalue weighted by Gasteiger charge is -2.18. The van der Waals surface area contributed by atoms with Gasteiger partial charge >= 0.3 is 0 Å². The van der Waals surface area contributed by atoms with E-state index in [1.807, 2.05) is 32.9 Å². The Hall–Kier alpha value is -1.91. The number of rotatable bonds is 4. The van der Waals surface area contributed by atoms with E-state index in [0.29, 0.717) is 27.2 Å². The third-order valence-electron chi connectivity index (χ3n) is 3.96. The van der Waals surface area contributed by atoms with Crippen molar-refractivity contribution < 1.29 is 14.3 Å². The topological polar surface area (TPSA) is 47.6 Å². The third-order valence-corrected chi connectivity index (χ3v) is 4.76. The maximum Gasteiger partial charge on any atom is 0.262 e. The average Bonchev–Trinajstić information content (AvgIpc) is 2.87. The van der Waals surface area contributed by atoms with Crippen LogP contribution in [0, 0.1) is 6.92 Å². The van der Waals surface area contributed by atoms with E-state index in [4.69, 9.17) is 32.7 Å². The molecule has 1 N–H and O–H groups in total. The van der Waals surface area contributed by atoms with E-state index < -0.39 is 0 Å². The molecule has 0 aliphatic carbocycles. The largest absolute Gasteiger partial charge is 0.483 e. The van der Waals surface area contributed by atoms with Gasteiger partial charge in [0.1, 0.15) is 5.60 Å². The predicted molar refractivity (Wildman–Crippen MR) is 100 cm³/mol. The van der Waals surface area contributed by atoms with Crippen LogP contribution in [0.5, 0.6) is 11.5 Å². The molecule has 0 saturated heterocycles. The Labute approximate surface area is 157 Å². The van der Waals surface area contributed by atoms with E-state index in [1.54, 1.807) is 18.2 Å². The van der Waals surface area contributed by atoms with Crippen molar-refractivity contribution >= 4 is 34.8 Å². The number of ether oxygens (including phenoxy) is 2. The normalized spacial score (nSPS) is 14.6. The van der Waals surface area contributed by atoms with Crippen LogP contribution in [0.4, 0.5) is 5.69 Å². The van der Waals surface area contributed by atoms with Crippen LogP contribution < -0.4 is 14.8 Å². The molecular formula is C19H19Cl2NO3. The summed E-state index contributed by atoms with van der Waals surface area (Å²) in [4.78, 5) is 12.2. The number of anilines is 1. The molecule has 1 heterocycles. The zero-order valence-electron chi connectivity index (χ0n) is 14.3. The van der Waals surface area contributed by atoms with Gasteiger partial charge in [-0.05, 0) is 38.5 Å². The average molecular weight is 380 g/mol. The number of carbonyl (C=O) groups excluding carboxylic acids is 1. The molecule has 132 valence electrons. The van der Waals surface area contributed by atoms with E-state index >= 15 is 0 Å². The summed E-state index contributed by atoms with van der Waals surface area (Å²) in [6, 6.07) is 9.18. The minimum atomic E-state index is -0.343. The van der Waals surface area contributed by atoms with Crippen molar-refractivity contribution in [3.63, 3.8) is 0 Å². The monoisotopic (exact) mass is 379 g/mol. The van der Waals surface area contributed by atoms with Gasteiger partial charge in [-0.15, -0.1) is 0 Å². The van der Waals surface area contributed by atoms with Gasteiger partial charge in [-0.2, -0.15) is 0 Å². The molecule has 6 heteroatoms.